The zero-order valence-corrected chi connectivity index (χ0v) is 21.0. The van der Waals surface area contributed by atoms with E-state index in [1.54, 1.807) is 19.1 Å². The maximum atomic E-state index is 13.5. The van der Waals surface area contributed by atoms with Crippen LogP contribution in [-0.4, -0.2) is 69.4 Å². The molecule has 6 heteroatoms. The van der Waals surface area contributed by atoms with Crippen LogP contribution in [0.3, 0.4) is 0 Å². The Labute approximate surface area is 202 Å². The van der Waals surface area contributed by atoms with Gasteiger partial charge in [0.2, 0.25) is 5.91 Å². The second-order valence-corrected chi connectivity index (χ2v) is 8.93. The van der Waals surface area contributed by atoms with Crippen molar-refractivity contribution in [2.75, 3.05) is 47.9 Å². The van der Waals surface area contributed by atoms with Crippen LogP contribution in [0.5, 0.6) is 11.5 Å². The van der Waals surface area contributed by atoms with Gasteiger partial charge in [0, 0.05) is 37.2 Å². The number of Topliss-reactive ketones (excluding diaryl/α,β-unsaturated/α-hetero) is 1. The normalized spacial score (nSPS) is 16.4. The van der Waals surface area contributed by atoms with Gasteiger partial charge in [-0.05, 0) is 74.5 Å². The van der Waals surface area contributed by atoms with Crippen LogP contribution in [0, 0.1) is 13.8 Å². The Morgan fingerprint density at radius 2 is 1.50 bits per heavy atom. The number of carbonyl (C=O) groups excluding carboxylic acids is 2. The molecule has 1 fully saturated rings. The van der Waals surface area contributed by atoms with Crippen molar-refractivity contribution in [1.82, 2.24) is 9.80 Å². The smallest absolute Gasteiger partial charge is 0.224 e. The Morgan fingerprint density at radius 1 is 0.912 bits per heavy atom. The van der Waals surface area contributed by atoms with Crippen LogP contribution >= 0.6 is 0 Å². The Hall–Kier alpha value is -3.38. The van der Waals surface area contributed by atoms with E-state index in [0.717, 1.165) is 16.7 Å². The third kappa shape index (κ3) is 6.14. The monoisotopic (exact) mass is 462 g/mol. The molecule has 0 atom stereocenters. The Balaban J connectivity index is 1.99. The van der Waals surface area contributed by atoms with Gasteiger partial charge in [0.1, 0.15) is 0 Å². The second kappa shape index (κ2) is 11.2. The first kappa shape index (κ1) is 25.2. The van der Waals surface area contributed by atoms with Gasteiger partial charge in [0.15, 0.2) is 17.3 Å². The summed E-state index contributed by atoms with van der Waals surface area (Å²) in [7, 11) is 7.05. The van der Waals surface area contributed by atoms with E-state index in [9.17, 15) is 9.59 Å². The summed E-state index contributed by atoms with van der Waals surface area (Å²) < 4.78 is 10.7. The third-order valence-corrected chi connectivity index (χ3v) is 6.05. The average molecular weight is 463 g/mol. The summed E-state index contributed by atoms with van der Waals surface area (Å²) in [5.74, 6) is 1.20. The number of aryl methyl sites for hydroxylation is 2. The maximum absolute atomic E-state index is 13.5. The first-order chi connectivity index (χ1) is 16.2. The van der Waals surface area contributed by atoms with Gasteiger partial charge in [-0.15, -0.1) is 0 Å². The van der Waals surface area contributed by atoms with Crippen LogP contribution < -0.4 is 9.47 Å². The predicted octanol–water partition coefficient (Wildman–Crippen LogP) is 4.15. The molecule has 6 nitrogen and oxygen atoms in total. The average Bonchev–Trinajstić information content (AvgIpc) is 2.82. The molecule has 0 unspecified atom stereocenters. The summed E-state index contributed by atoms with van der Waals surface area (Å²) in [5, 5.41) is 0. The van der Waals surface area contributed by atoms with E-state index in [-0.39, 0.29) is 18.2 Å². The fourth-order valence-electron chi connectivity index (χ4n) is 3.89. The number of ketones is 1. The van der Waals surface area contributed by atoms with Gasteiger partial charge in [-0.1, -0.05) is 24.3 Å². The van der Waals surface area contributed by atoms with Crippen molar-refractivity contribution in [1.29, 1.82) is 0 Å². The standard InChI is InChI=1S/C28H34N2O4/c1-19-7-8-21(13-20(19)2)14-23-17-30(27(31)11-12-29(3)4)18-24(28(23)32)15-22-9-10-25(33-5)26(16-22)34-6/h7-10,13-16H,11-12,17-18H2,1-6H3/b23-14+,24-15+. The fraction of sp³-hybridized carbons (Fsp3) is 0.357. The van der Waals surface area contributed by atoms with Crippen molar-refractivity contribution in [3.8, 4) is 11.5 Å². The molecule has 3 rings (SSSR count). The van der Waals surface area contributed by atoms with Crippen LogP contribution in [-0.2, 0) is 9.59 Å². The van der Waals surface area contributed by atoms with Crippen molar-refractivity contribution in [2.45, 2.75) is 20.3 Å². The van der Waals surface area contributed by atoms with Crippen molar-refractivity contribution >= 4 is 23.8 Å². The number of nitrogens with zero attached hydrogens (tertiary/aromatic N) is 2. The maximum Gasteiger partial charge on any atom is 0.224 e. The predicted molar refractivity (Wildman–Crippen MR) is 136 cm³/mol. The Bertz CT molecular complexity index is 1130. The molecule has 0 spiro atoms. The molecule has 1 amide bonds. The minimum atomic E-state index is -0.0373. The molecule has 1 heterocycles. The Kier molecular flexibility index (Phi) is 8.29. The van der Waals surface area contributed by atoms with Gasteiger partial charge in [-0.2, -0.15) is 0 Å². The lowest BCUT2D eigenvalue weighted by Gasteiger charge is -2.30. The third-order valence-electron chi connectivity index (χ3n) is 6.05. The molecule has 1 aliphatic heterocycles. The van der Waals surface area contributed by atoms with E-state index in [4.69, 9.17) is 9.47 Å². The molecule has 0 N–H and O–H groups in total. The molecule has 0 aliphatic carbocycles. The Morgan fingerprint density at radius 3 is 2.06 bits per heavy atom. The largest absolute Gasteiger partial charge is 0.493 e. The molecule has 34 heavy (non-hydrogen) atoms. The van der Waals surface area contributed by atoms with Crippen LogP contribution in [0.25, 0.3) is 12.2 Å². The van der Waals surface area contributed by atoms with Crippen LogP contribution in [0.2, 0.25) is 0 Å². The van der Waals surface area contributed by atoms with Crippen molar-refractivity contribution in [3.63, 3.8) is 0 Å². The van der Waals surface area contributed by atoms with E-state index in [2.05, 4.69) is 26.0 Å². The molecular formula is C28H34N2O4. The minimum absolute atomic E-state index is 0.0328. The van der Waals surface area contributed by atoms with Gasteiger partial charge in [-0.25, -0.2) is 0 Å². The fourth-order valence-corrected chi connectivity index (χ4v) is 3.89. The summed E-state index contributed by atoms with van der Waals surface area (Å²) in [4.78, 5) is 30.2. The minimum Gasteiger partial charge on any atom is -0.493 e. The van der Waals surface area contributed by atoms with E-state index in [1.165, 1.54) is 5.56 Å². The highest BCUT2D eigenvalue weighted by Gasteiger charge is 2.29. The second-order valence-electron chi connectivity index (χ2n) is 8.93. The first-order valence-electron chi connectivity index (χ1n) is 11.4. The van der Waals surface area contributed by atoms with Gasteiger partial charge in [0.25, 0.3) is 0 Å². The first-order valence-corrected chi connectivity index (χ1v) is 11.4. The number of amides is 1. The van der Waals surface area contributed by atoms with E-state index in [0.29, 0.717) is 42.2 Å². The van der Waals surface area contributed by atoms with Crippen molar-refractivity contribution < 1.29 is 19.1 Å². The molecule has 180 valence electrons. The van der Waals surface area contributed by atoms with E-state index >= 15 is 0 Å². The molecule has 0 radical (unpaired) electrons. The molecule has 2 aromatic carbocycles. The summed E-state index contributed by atoms with van der Waals surface area (Å²) >= 11 is 0. The van der Waals surface area contributed by atoms with Crippen LogP contribution in [0.4, 0.5) is 0 Å². The number of piperidine rings is 1. The number of carbonyl (C=O) groups is 2. The number of hydrogen-bond donors (Lipinski definition) is 0. The number of methoxy groups -OCH3 is 2. The number of likely N-dealkylation sites (tertiary alicyclic amines) is 1. The van der Waals surface area contributed by atoms with Gasteiger partial charge in [-0.3, -0.25) is 9.59 Å². The highest BCUT2D eigenvalue weighted by Crippen LogP contribution is 2.30. The molecule has 0 bridgehead atoms. The quantitative estimate of drug-likeness (QED) is 0.579. The highest BCUT2D eigenvalue weighted by molar-refractivity contribution is 6.15. The molecule has 2 aromatic rings. The lowest BCUT2D eigenvalue weighted by atomic mass is 9.93. The van der Waals surface area contributed by atoms with Crippen LogP contribution in [0.15, 0.2) is 47.5 Å². The number of benzene rings is 2. The van der Waals surface area contributed by atoms with Crippen molar-refractivity contribution in [3.05, 3.63) is 69.8 Å². The highest BCUT2D eigenvalue weighted by atomic mass is 16.5. The zero-order chi connectivity index (χ0) is 24.8. The molecule has 1 saturated heterocycles. The molecular weight excluding hydrogens is 428 g/mol. The lowest BCUT2D eigenvalue weighted by molar-refractivity contribution is -0.131. The SMILES string of the molecule is COc1ccc(/C=C2\CN(C(=O)CCN(C)C)C/C(=C\c3ccc(C)c(C)c3)C2=O)cc1OC. The number of rotatable bonds is 7. The molecule has 1 aliphatic rings. The van der Waals surface area contributed by atoms with Crippen molar-refractivity contribution in [2.24, 2.45) is 0 Å². The number of hydrogen-bond acceptors (Lipinski definition) is 5. The summed E-state index contributed by atoms with van der Waals surface area (Å²) in [5.41, 5.74) is 5.32. The van der Waals surface area contributed by atoms with Gasteiger partial charge in [0.05, 0.1) is 14.2 Å². The van der Waals surface area contributed by atoms with E-state index < -0.39 is 0 Å². The summed E-state index contributed by atoms with van der Waals surface area (Å²) in [6, 6.07) is 11.6. The number of ether oxygens (including phenoxy) is 2. The molecule has 0 aromatic heterocycles. The lowest BCUT2D eigenvalue weighted by Crippen LogP contribution is -2.42. The van der Waals surface area contributed by atoms with Crippen LogP contribution in [0.1, 0.15) is 28.7 Å². The van der Waals surface area contributed by atoms with Gasteiger partial charge >= 0.3 is 0 Å². The summed E-state index contributed by atoms with van der Waals surface area (Å²) in [6.07, 6.45) is 4.15. The summed E-state index contributed by atoms with van der Waals surface area (Å²) in [6.45, 7) is 5.37. The van der Waals surface area contributed by atoms with Gasteiger partial charge < -0.3 is 19.3 Å². The topological polar surface area (TPSA) is 59.1 Å². The molecule has 0 saturated carbocycles. The zero-order valence-electron chi connectivity index (χ0n) is 21.0. The van der Waals surface area contributed by atoms with E-state index in [1.807, 2.05) is 55.4 Å².